The summed E-state index contributed by atoms with van der Waals surface area (Å²) in [5, 5.41) is 0. The summed E-state index contributed by atoms with van der Waals surface area (Å²) >= 11 is 0. The number of nitrogens with zero attached hydrogens (tertiary/aromatic N) is 1. The van der Waals surface area contributed by atoms with Crippen molar-refractivity contribution in [2.75, 3.05) is 19.6 Å². The van der Waals surface area contributed by atoms with Crippen molar-refractivity contribution in [3.05, 3.63) is 29.8 Å². The van der Waals surface area contributed by atoms with E-state index in [0.717, 1.165) is 31.4 Å². The summed E-state index contributed by atoms with van der Waals surface area (Å²) in [7, 11) is -3.48. The van der Waals surface area contributed by atoms with E-state index in [4.69, 9.17) is 0 Å². The lowest BCUT2D eigenvalue weighted by Gasteiger charge is -2.23. The standard InChI is InChI=1S/C22H36N2O3S/c1-20-13-15-21(16-14-20)28(26,27)23-17-11-19-24-18-10-8-6-4-2-3-5-7-9-12-22(24)25/h13-16,23H,2-12,17-19H2,1H3. The number of hydrogen-bond acceptors (Lipinski definition) is 3. The molecule has 0 bridgehead atoms. The van der Waals surface area contributed by atoms with E-state index in [-0.39, 0.29) is 10.8 Å². The Morgan fingerprint density at radius 2 is 1.46 bits per heavy atom. The van der Waals surface area contributed by atoms with Crippen LogP contribution in [0.1, 0.15) is 76.2 Å². The Balaban J connectivity index is 1.80. The summed E-state index contributed by atoms with van der Waals surface area (Å²) in [5.74, 6) is 0.223. The van der Waals surface area contributed by atoms with Crippen LogP contribution in [0, 0.1) is 6.92 Å². The fourth-order valence-electron chi connectivity index (χ4n) is 3.61. The molecule has 1 saturated heterocycles. The van der Waals surface area contributed by atoms with Gasteiger partial charge in [0.2, 0.25) is 15.9 Å². The van der Waals surface area contributed by atoms with Crippen LogP contribution in [-0.4, -0.2) is 38.9 Å². The zero-order chi connectivity index (χ0) is 20.2. The van der Waals surface area contributed by atoms with Gasteiger partial charge in [-0.15, -0.1) is 0 Å². The molecule has 0 saturated carbocycles. The third-order valence-electron chi connectivity index (χ3n) is 5.40. The van der Waals surface area contributed by atoms with Gasteiger partial charge in [-0.05, 0) is 38.3 Å². The molecule has 1 aliphatic rings. The van der Waals surface area contributed by atoms with Crippen molar-refractivity contribution in [3.63, 3.8) is 0 Å². The summed E-state index contributed by atoms with van der Waals surface area (Å²) in [6.45, 7) is 3.69. The highest BCUT2D eigenvalue weighted by Gasteiger charge is 2.15. The number of carbonyl (C=O) groups excluding carboxylic acids is 1. The van der Waals surface area contributed by atoms with Crippen LogP contribution in [0.5, 0.6) is 0 Å². The highest BCUT2D eigenvalue weighted by molar-refractivity contribution is 7.89. The molecule has 0 aromatic heterocycles. The van der Waals surface area contributed by atoms with E-state index < -0.39 is 10.0 Å². The van der Waals surface area contributed by atoms with E-state index in [9.17, 15) is 13.2 Å². The molecule has 6 heteroatoms. The maximum atomic E-state index is 12.5. The summed E-state index contributed by atoms with van der Waals surface area (Å²) in [6.07, 6.45) is 12.0. The lowest BCUT2D eigenvalue weighted by Crippen LogP contribution is -2.35. The molecular formula is C22H36N2O3S. The van der Waals surface area contributed by atoms with Crippen molar-refractivity contribution >= 4 is 15.9 Å². The van der Waals surface area contributed by atoms with E-state index in [1.165, 1.54) is 38.5 Å². The van der Waals surface area contributed by atoms with Crippen LogP contribution < -0.4 is 4.72 Å². The number of carbonyl (C=O) groups is 1. The molecule has 0 unspecified atom stereocenters. The Morgan fingerprint density at radius 3 is 2.11 bits per heavy atom. The first kappa shape index (κ1) is 22.9. The second kappa shape index (κ2) is 12.2. The molecule has 1 amide bonds. The van der Waals surface area contributed by atoms with Gasteiger partial charge >= 0.3 is 0 Å². The molecule has 2 rings (SSSR count). The maximum Gasteiger partial charge on any atom is 0.240 e. The van der Waals surface area contributed by atoms with Crippen molar-refractivity contribution in [3.8, 4) is 0 Å². The largest absolute Gasteiger partial charge is 0.343 e. The quantitative estimate of drug-likeness (QED) is 0.709. The summed E-state index contributed by atoms with van der Waals surface area (Å²) in [5.41, 5.74) is 1.03. The summed E-state index contributed by atoms with van der Waals surface area (Å²) < 4.78 is 27.4. The van der Waals surface area contributed by atoms with Crippen molar-refractivity contribution < 1.29 is 13.2 Å². The topological polar surface area (TPSA) is 66.5 Å². The Kier molecular flexibility index (Phi) is 9.99. The molecule has 1 aromatic carbocycles. The van der Waals surface area contributed by atoms with Crippen molar-refractivity contribution in [2.45, 2.75) is 82.4 Å². The second-order valence-electron chi connectivity index (χ2n) is 7.88. The Labute approximate surface area is 170 Å². The molecule has 5 nitrogen and oxygen atoms in total. The summed E-state index contributed by atoms with van der Waals surface area (Å²) in [6, 6.07) is 6.85. The number of aryl methyl sites for hydroxylation is 1. The highest BCUT2D eigenvalue weighted by Crippen LogP contribution is 2.14. The second-order valence-corrected chi connectivity index (χ2v) is 9.64. The number of rotatable bonds is 6. The molecule has 158 valence electrons. The van der Waals surface area contributed by atoms with Crippen LogP contribution in [0.25, 0.3) is 0 Å². The van der Waals surface area contributed by atoms with Gasteiger partial charge in [-0.25, -0.2) is 13.1 Å². The van der Waals surface area contributed by atoms with Crippen LogP contribution >= 0.6 is 0 Å². The van der Waals surface area contributed by atoms with E-state index in [2.05, 4.69) is 4.72 Å². The minimum Gasteiger partial charge on any atom is -0.343 e. The lowest BCUT2D eigenvalue weighted by atomic mass is 10.1. The zero-order valence-corrected chi connectivity index (χ0v) is 18.1. The van der Waals surface area contributed by atoms with Gasteiger partial charge < -0.3 is 4.90 Å². The van der Waals surface area contributed by atoms with Crippen molar-refractivity contribution in [1.29, 1.82) is 0 Å². The monoisotopic (exact) mass is 408 g/mol. The first-order valence-corrected chi connectivity index (χ1v) is 12.3. The predicted molar refractivity (Wildman–Crippen MR) is 114 cm³/mol. The molecule has 0 spiro atoms. The van der Waals surface area contributed by atoms with Gasteiger partial charge in [0.15, 0.2) is 0 Å². The average Bonchev–Trinajstić information content (AvgIpc) is 2.69. The zero-order valence-electron chi connectivity index (χ0n) is 17.3. The van der Waals surface area contributed by atoms with E-state index in [0.29, 0.717) is 25.9 Å². The molecule has 1 heterocycles. The molecular weight excluding hydrogens is 372 g/mol. The summed E-state index contributed by atoms with van der Waals surface area (Å²) in [4.78, 5) is 14.8. The smallest absolute Gasteiger partial charge is 0.240 e. The van der Waals surface area contributed by atoms with Gasteiger partial charge in [0, 0.05) is 26.1 Å². The number of amides is 1. The third-order valence-corrected chi connectivity index (χ3v) is 6.88. The Morgan fingerprint density at radius 1 is 0.893 bits per heavy atom. The van der Waals surface area contributed by atoms with E-state index in [1.807, 2.05) is 11.8 Å². The Bertz CT molecular complexity index is 686. The molecule has 28 heavy (non-hydrogen) atoms. The molecule has 1 fully saturated rings. The van der Waals surface area contributed by atoms with E-state index in [1.54, 1.807) is 24.3 Å². The Hall–Kier alpha value is -1.40. The van der Waals surface area contributed by atoms with Gasteiger partial charge in [-0.3, -0.25) is 4.79 Å². The van der Waals surface area contributed by atoms with Crippen LogP contribution in [-0.2, 0) is 14.8 Å². The average molecular weight is 409 g/mol. The highest BCUT2D eigenvalue weighted by atomic mass is 32.2. The minimum atomic E-state index is -3.48. The number of benzene rings is 1. The van der Waals surface area contributed by atoms with Gasteiger partial charge in [-0.2, -0.15) is 0 Å². The van der Waals surface area contributed by atoms with Crippen LogP contribution in [0.4, 0.5) is 0 Å². The van der Waals surface area contributed by atoms with Gasteiger partial charge in [0.25, 0.3) is 0 Å². The van der Waals surface area contributed by atoms with Crippen LogP contribution in [0.2, 0.25) is 0 Å². The van der Waals surface area contributed by atoms with Crippen LogP contribution in [0.3, 0.4) is 0 Å². The first-order chi connectivity index (χ1) is 13.5. The maximum absolute atomic E-state index is 12.5. The molecule has 0 aliphatic carbocycles. The lowest BCUT2D eigenvalue weighted by molar-refractivity contribution is -0.131. The number of sulfonamides is 1. The van der Waals surface area contributed by atoms with Gasteiger partial charge in [0.05, 0.1) is 4.90 Å². The van der Waals surface area contributed by atoms with Gasteiger partial charge in [0.1, 0.15) is 0 Å². The van der Waals surface area contributed by atoms with Gasteiger partial charge in [-0.1, -0.05) is 62.6 Å². The van der Waals surface area contributed by atoms with Crippen LogP contribution in [0.15, 0.2) is 29.2 Å². The normalized spacial score (nSPS) is 18.2. The molecule has 0 atom stereocenters. The number of hydrogen-bond donors (Lipinski definition) is 1. The third kappa shape index (κ3) is 8.31. The molecule has 0 radical (unpaired) electrons. The fourth-order valence-corrected chi connectivity index (χ4v) is 4.69. The SMILES string of the molecule is Cc1ccc(S(=O)(=O)NCCCN2CCCCCCCCCCCC2=O)cc1. The van der Waals surface area contributed by atoms with E-state index >= 15 is 0 Å². The molecule has 1 N–H and O–H groups in total. The molecule has 1 aromatic rings. The first-order valence-electron chi connectivity index (χ1n) is 10.8. The van der Waals surface area contributed by atoms with Crippen molar-refractivity contribution in [2.24, 2.45) is 0 Å². The van der Waals surface area contributed by atoms with Crippen molar-refractivity contribution in [1.82, 2.24) is 9.62 Å². The minimum absolute atomic E-state index is 0.223. The molecule has 1 aliphatic heterocycles. The fraction of sp³-hybridized carbons (Fsp3) is 0.682. The number of nitrogens with one attached hydrogen (secondary N) is 1. The predicted octanol–water partition coefficient (Wildman–Crippen LogP) is 4.41.